The molecule has 1 aliphatic heterocycles. The molecule has 0 bridgehead atoms. The minimum absolute atomic E-state index is 0.0935. The van der Waals surface area contributed by atoms with Crippen LogP contribution in [0.3, 0.4) is 0 Å². The summed E-state index contributed by atoms with van der Waals surface area (Å²) in [6.45, 7) is 11.8. The van der Waals surface area contributed by atoms with E-state index in [0.29, 0.717) is 6.61 Å². The van der Waals surface area contributed by atoms with E-state index in [0.717, 1.165) is 11.4 Å². The van der Waals surface area contributed by atoms with Crippen molar-refractivity contribution in [3.63, 3.8) is 0 Å². The molecule has 1 heterocycles. The van der Waals surface area contributed by atoms with Gasteiger partial charge in [-0.05, 0) is 48.1 Å². The summed E-state index contributed by atoms with van der Waals surface area (Å²) in [7, 11) is 0. The normalized spacial score (nSPS) is 19.7. The van der Waals surface area contributed by atoms with Crippen molar-refractivity contribution in [2.75, 3.05) is 6.61 Å². The van der Waals surface area contributed by atoms with Crippen LogP contribution in [0.1, 0.15) is 46.6 Å². The Hall–Kier alpha value is -0.790. The van der Waals surface area contributed by atoms with Crippen molar-refractivity contribution in [2.45, 2.75) is 46.6 Å². The Bertz CT molecular complexity index is 489. The van der Waals surface area contributed by atoms with E-state index in [1.165, 1.54) is 16.7 Å². The van der Waals surface area contributed by atoms with E-state index in [1.54, 1.807) is 0 Å². The van der Waals surface area contributed by atoms with Crippen LogP contribution >= 0.6 is 11.6 Å². The van der Waals surface area contributed by atoms with Gasteiger partial charge in [0.2, 0.25) is 0 Å². The molecule has 0 radical (unpaired) electrons. The van der Waals surface area contributed by atoms with Crippen LogP contribution in [0.15, 0.2) is 29.8 Å². The Morgan fingerprint density at radius 3 is 2.21 bits per heavy atom. The van der Waals surface area contributed by atoms with Gasteiger partial charge in [-0.3, -0.25) is 0 Å². The zero-order valence-electron chi connectivity index (χ0n) is 12.5. The Kier molecular flexibility index (Phi) is 3.81. The summed E-state index contributed by atoms with van der Waals surface area (Å²) in [6, 6.07) is 8.16. The summed E-state index contributed by atoms with van der Waals surface area (Å²) in [5.41, 5.74) is 4.12. The fourth-order valence-corrected chi connectivity index (χ4v) is 2.66. The lowest BCUT2D eigenvalue weighted by Gasteiger charge is -2.38. The lowest BCUT2D eigenvalue weighted by Crippen LogP contribution is -2.33. The van der Waals surface area contributed by atoms with Gasteiger partial charge in [0.05, 0.1) is 12.2 Å². The van der Waals surface area contributed by atoms with Crippen molar-refractivity contribution in [2.24, 2.45) is 5.41 Å². The Balaban J connectivity index is 2.51. The van der Waals surface area contributed by atoms with Crippen LogP contribution in [-0.4, -0.2) is 12.2 Å². The van der Waals surface area contributed by atoms with Crippen LogP contribution < -0.4 is 0 Å². The smallest absolute Gasteiger partial charge is 0.0695 e. The first-order valence-electron chi connectivity index (χ1n) is 6.81. The molecular formula is C17H23ClO. The van der Waals surface area contributed by atoms with Gasteiger partial charge in [-0.2, -0.15) is 0 Å². The summed E-state index contributed by atoms with van der Waals surface area (Å²) in [5.74, 6) is 0. The summed E-state index contributed by atoms with van der Waals surface area (Å²) in [5, 5.41) is 0.785. The third kappa shape index (κ3) is 3.40. The van der Waals surface area contributed by atoms with Crippen molar-refractivity contribution >= 4 is 17.2 Å². The number of benzene rings is 1. The number of halogens is 1. The first-order chi connectivity index (χ1) is 8.69. The van der Waals surface area contributed by atoms with Crippen LogP contribution in [0.4, 0.5) is 0 Å². The second-order valence-corrected chi connectivity index (χ2v) is 7.38. The van der Waals surface area contributed by atoms with Gasteiger partial charge in [0.1, 0.15) is 0 Å². The molecule has 1 aromatic rings. The molecule has 0 fully saturated rings. The zero-order valence-corrected chi connectivity index (χ0v) is 13.3. The number of ether oxygens (including phenoxy) is 1. The molecule has 2 rings (SSSR count). The first kappa shape index (κ1) is 14.6. The van der Waals surface area contributed by atoms with Crippen molar-refractivity contribution in [1.82, 2.24) is 0 Å². The van der Waals surface area contributed by atoms with Crippen molar-refractivity contribution in [1.29, 1.82) is 0 Å². The molecule has 0 atom stereocenters. The lowest BCUT2D eigenvalue weighted by atomic mass is 9.77. The Morgan fingerprint density at radius 2 is 1.68 bits per heavy atom. The lowest BCUT2D eigenvalue weighted by molar-refractivity contribution is -0.0136. The molecule has 19 heavy (non-hydrogen) atoms. The molecule has 2 heteroatoms. The molecule has 1 aromatic carbocycles. The fraction of sp³-hybridized carbons (Fsp3) is 0.529. The third-order valence-electron chi connectivity index (χ3n) is 3.67. The van der Waals surface area contributed by atoms with Gasteiger partial charge in [0.25, 0.3) is 0 Å². The van der Waals surface area contributed by atoms with Crippen molar-refractivity contribution in [3.05, 3.63) is 40.4 Å². The Morgan fingerprint density at radius 1 is 1.11 bits per heavy atom. The molecule has 0 N–H and O–H groups in total. The highest BCUT2D eigenvalue weighted by Gasteiger charge is 2.32. The predicted octanol–water partition coefficient (Wildman–Crippen LogP) is 5.34. The molecule has 0 aromatic heterocycles. The number of hydrogen-bond acceptors (Lipinski definition) is 1. The van der Waals surface area contributed by atoms with E-state index >= 15 is 0 Å². The SMILES string of the molecule is CC1(C)CC(c2ccc(Cl)cc2)=C(C(C)(C)C)CO1. The molecular weight excluding hydrogens is 256 g/mol. The third-order valence-corrected chi connectivity index (χ3v) is 3.92. The largest absolute Gasteiger partial charge is 0.371 e. The van der Waals surface area contributed by atoms with E-state index in [9.17, 15) is 0 Å². The second kappa shape index (κ2) is 4.96. The summed E-state index contributed by atoms with van der Waals surface area (Å²) in [6.07, 6.45) is 0.946. The fourth-order valence-electron chi connectivity index (χ4n) is 2.53. The monoisotopic (exact) mass is 278 g/mol. The zero-order chi connectivity index (χ0) is 14.3. The average Bonchev–Trinajstić information content (AvgIpc) is 2.27. The molecule has 1 aliphatic rings. The van der Waals surface area contributed by atoms with E-state index in [2.05, 4.69) is 46.8 Å². The molecule has 0 aliphatic carbocycles. The molecule has 0 saturated carbocycles. The van der Waals surface area contributed by atoms with Gasteiger partial charge in [0.15, 0.2) is 0 Å². The van der Waals surface area contributed by atoms with E-state index in [4.69, 9.17) is 16.3 Å². The van der Waals surface area contributed by atoms with Gasteiger partial charge < -0.3 is 4.74 Å². The van der Waals surface area contributed by atoms with Crippen LogP contribution in [0, 0.1) is 5.41 Å². The van der Waals surface area contributed by atoms with Crippen molar-refractivity contribution < 1.29 is 4.74 Å². The summed E-state index contributed by atoms with van der Waals surface area (Å²) >= 11 is 5.99. The summed E-state index contributed by atoms with van der Waals surface area (Å²) < 4.78 is 6.00. The van der Waals surface area contributed by atoms with Crippen molar-refractivity contribution in [3.8, 4) is 0 Å². The highest BCUT2D eigenvalue weighted by Crippen LogP contribution is 2.42. The second-order valence-electron chi connectivity index (χ2n) is 6.94. The summed E-state index contributed by atoms with van der Waals surface area (Å²) in [4.78, 5) is 0. The van der Waals surface area contributed by atoms with E-state index < -0.39 is 0 Å². The molecule has 0 unspecified atom stereocenters. The van der Waals surface area contributed by atoms with Gasteiger partial charge in [0, 0.05) is 11.4 Å². The van der Waals surface area contributed by atoms with Crippen LogP contribution in [0.2, 0.25) is 5.02 Å². The molecule has 0 amide bonds. The quantitative estimate of drug-likeness (QED) is 0.674. The van der Waals surface area contributed by atoms with Gasteiger partial charge in [-0.1, -0.05) is 44.5 Å². The molecule has 1 nitrogen and oxygen atoms in total. The van der Waals surface area contributed by atoms with Gasteiger partial charge >= 0.3 is 0 Å². The molecule has 0 saturated heterocycles. The highest BCUT2D eigenvalue weighted by molar-refractivity contribution is 6.30. The van der Waals surface area contributed by atoms with Crippen LogP contribution in [0.25, 0.3) is 5.57 Å². The molecule has 104 valence electrons. The maximum atomic E-state index is 6.00. The topological polar surface area (TPSA) is 9.23 Å². The van der Waals surface area contributed by atoms with E-state index in [1.807, 2.05) is 12.1 Å². The Labute approximate surface area is 121 Å². The molecule has 0 spiro atoms. The minimum atomic E-state index is -0.0935. The van der Waals surface area contributed by atoms with Gasteiger partial charge in [-0.15, -0.1) is 0 Å². The van der Waals surface area contributed by atoms with E-state index in [-0.39, 0.29) is 11.0 Å². The highest BCUT2D eigenvalue weighted by atomic mass is 35.5. The standard InChI is InChI=1S/C17H23ClO/c1-16(2,3)15-11-19-17(4,5)10-14(15)12-6-8-13(18)9-7-12/h6-9H,10-11H2,1-5H3. The maximum Gasteiger partial charge on any atom is 0.0695 e. The number of hydrogen-bond donors (Lipinski definition) is 0. The van der Waals surface area contributed by atoms with Crippen LogP contribution in [-0.2, 0) is 4.74 Å². The van der Waals surface area contributed by atoms with Gasteiger partial charge in [-0.25, -0.2) is 0 Å². The number of rotatable bonds is 1. The first-order valence-corrected chi connectivity index (χ1v) is 7.19. The minimum Gasteiger partial charge on any atom is -0.371 e. The average molecular weight is 279 g/mol. The van der Waals surface area contributed by atoms with Crippen LogP contribution in [0.5, 0.6) is 0 Å². The predicted molar refractivity (Wildman–Crippen MR) is 82.5 cm³/mol. The maximum absolute atomic E-state index is 6.00.